The van der Waals surface area contributed by atoms with Gasteiger partial charge < -0.3 is 20.1 Å². The molecule has 0 atom stereocenters. The van der Waals surface area contributed by atoms with Gasteiger partial charge in [-0.2, -0.15) is 0 Å². The van der Waals surface area contributed by atoms with Gasteiger partial charge in [0.2, 0.25) is 0 Å². The number of thiazole rings is 1. The third kappa shape index (κ3) is 4.31. The van der Waals surface area contributed by atoms with E-state index in [1.165, 1.54) is 0 Å². The predicted molar refractivity (Wildman–Crippen MR) is 104 cm³/mol. The van der Waals surface area contributed by atoms with Crippen LogP contribution >= 0.6 is 11.3 Å². The summed E-state index contributed by atoms with van der Waals surface area (Å²) >= 11 is 1.61. The second kappa shape index (κ2) is 7.88. The zero-order chi connectivity index (χ0) is 18.5. The van der Waals surface area contributed by atoms with Crippen molar-refractivity contribution in [2.24, 2.45) is 0 Å². The van der Waals surface area contributed by atoms with E-state index in [1.807, 2.05) is 36.6 Å². The summed E-state index contributed by atoms with van der Waals surface area (Å²) in [5, 5.41) is 8.61. The zero-order valence-corrected chi connectivity index (χ0v) is 15.5. The lowest BCUT2D eigenvalue weighted by atomic mass is 10.1. The quantitative estimate of drug-likeness (QED) is 0.679. The molecule has 0 fully saturated rings. The second-order valence-electron chi connectivity index (χ2n) is 5.51. The summed E-state index contributed by atoms with van der Waals surface area (Å²) in [6, 6.07) is 12.4. The van der Waals surface area contributed by atoms with E-state index in [0.29, 0.717) is 22.9 Å². The van der Waals surface area contributed by atoms with Gasteiger partial charge >= 0.3 is 6.03 Å². The van der Waals surface area contributed by atoms with Gasteiger partial charge in [0.25, 0.3) is 0 Å². The molecule has 0 aliphatic carbocycles. The monoisotopic (exact) mass is 369 g/mol. The maximum Gasteiger partial charge on any atom is 0.323 e. The fraction of sp³-hybridized carbons (Fsp3) is 0.158. The van der Waals surface area contributed by atoms with Gasteiger partial charge in [-0.05, 0) is 19.1 Å². The fourth-order valence-corrected chi connectivity index (χ4v) is 3.02. The fourth-order valence-electron chi connectivity index (χ4n) is 2.39. The summed E-state index contributed by atoms with van der Waals surface area (Å²) in [6.07, 6.45) is 0. The van der Waals surface area contributed by atoms with Crippen LogP contribution in [0.1, 0.15) is 5.01 Å². The van der Waals surface area contributed by atoms with Crippen LogP contribution in [0.4, 0.5) is 16.2 Å². The first-order valence-electron chi connectivity index (χ1n) is 7.91. The minimum absolute atomic E-state index is 0.349. The van der Waals surface area contributed by atoms with Crippen molar-refractivity contribution < 1.29 is 14.3 Å². The highest BCUT2D eigenvalue weighted by molar-refractivity contribution is 7.09. The van der Waals surface area contributed by atoms with E-state index in [1.54, 1.807) is 43.8 Å². The Morgan fingerprint density at radius 2 is 1.58 bits per heavy atom. The average molecular weight is 369 g/mol. The number of nitrogens with zero attached hydrogens (tertiary/aromatic N) is 1. The Bertz CT molecular complexity index is 884. The molecule has 26 heavy (non-hydrogen) atoms. The number of benzene rings is 2. The van der Waals surface area contributed by atoms with Crippen LogP contribution in [-0.4, -0.2) is 25.2 Å². The van der Waals surface area contributed by atoms with Gasteiger partial charge in [0.05, 0.1) is 24.9 Å². The third-order valence-electron chi connectivity index (χ3n) is 3.67. The molecule has 0 bridgehead atoms. The number of aryl methyl sites for hydroxylation is 1. The van der Waals surface area contributed by atoms with Crippen molar-refractivity contribution in [2.75, 3.05) is 24.9 Å². The number of urea groups is 1. The lowest BCUT2D eigenvalue weighted by Crippen LogP contribution is -2.19. The number of hydrogen-bond donors (Lipinski definition) is 2. The van der Waals surface area contributed by atoms with Crippen molar-refractivity contribution in [3.8, 4) is 22.8 Å². The molecular weight excluding hydrogens is 350 g/mol. The Kier molecular flexibility index (Phi) is 5.38. The van der Waals surface area contributed by atoms with E-state index in [-0.39, 0.29) is 6.03 Å². The highest BCUT2D eigenvalue weighted by atomic mass is 32.1. The number of carbonyl (C=O) groups is 1. The molecule has 6 nitrogen and oxygen atoms in total. The van der Waals surface area contributed by atoms with Gasteiger partial charge in [-0.15, -0.1) is 11.3 Å². The first-order chi connectivity index (χ1) is 12.6. The van der Waals surface area contributed by atoms with Gasteiger partial charge in [0.15, 0.2) is 0 Å². The van der Waals surface area contributed by atoms with Crippen molar-refractivity contribution in [2.45, 2.75) is 6.92 Å². The smallest absolute Gasteiger partial charge is 0.323 e. The molecule has 134 valence electrons. The maximum atomic E-state index is 12.2. The molecule has 0 aliphatic heterocycles. The molecule has 0 aliphatic rings. The number of nitrogens with one attached hydrogen (secondary N) is 2. The van der Waals surface area contributed by atoms with Gasteiger partial charge in [-0.25, -0.2) is 9.78 Å². The maximum absolute atomic E-state index is 12.2. The summed E-state index contributed by atoms with van der Waals surface area (Å²) in [5.74, 6) is 1.20. The van der Waals surface area contributed by atoms with Crippen LogP contribution in [0, 0.1) is 6.92 Å². The predicted octanol–water partition coefficient (Wildman–Crippen LogP) is 4.78. The van der Waals surface area contributed by atoms with Gasteiger partial charge in [-0.3, -0.25) is 0 Å². The van der Waals surface area contributed by atoms with Crippen LogP contribution in [0.15, 0.2) is 47.8 Å². The average Bonchev–Trinajstić information content (AvgIpc) is 3.08. The molecular formula is C19H19N3O3S. The van der Waals surface area contributed by atoms with Crippen molar-refractivity contribution in [3.63, 3.8) is 0 Å². The van der Waals surface area contributed by atoms with E-state index in [0.717, 1.165) is 16.3 Å². The molecule has 0 spiro atoms. The second-order valence-corrected chi connectivity index (χ2v) is 6.57. The number of methoxy groups -OCH3 is 2. The molecule has 7 heteroatoms. The van der Waals surface area contributed by atoms with Crippen LogP contribution in [0.3, 0.4) is 0 Å². The SMILES string of the molecule is COc1cc(NC(=O)Nc2ccc(-c3csc(C)n3)cc2)cc(OC)c1. The van der Waals surface area contributed by atoms with Crippen LogP contribution < -0.4 is 20.1 Å². The van der Waals surface area contributed by atoms with Crippen molar-refractivity contribution in [1.82, 2.24) is 4.98 Å². The summed E-state index contributed by atoms with van der Waals surface area (Å²) in [7, 11) is 3.12. The molecule has 0 unspecified atom stereocenters. The van der Waals surface area contributed by atoms with Crippen LogP contribution in [0.25, 0.3) is 11.3 Å². The highest BCUT2D eigenvalue weighted by Gasteiger charge is 2.07. The van der Waals surface area contributed by atoms with Gasteiger partial charge in [0, 0.05) is 40.5 Å². The third-order valence-corrected chi connectivity index (χ3v) is 4.44. The van der Waals surface area contributed by atoms with Crippen molar-refractivity contribution in [1.29, 1.82) is 0 Å². The van der Waals surface area contributed by atoms with Gasteiger partial charge in [-0.1, -0.05) is 12.1 Å². The minimum Gasteiger partial charge on any atom is -0.497 e. The van der Waals surface area contributed by atoms with E-state index in [2.05, 4.69) is 15.6 Å². The number of hydrogen-bond acceptors (Lipinski definition) is 5. The molecule has 0 saturated carbocycles. The normalized spacial score (nSPS) is 10.3. The van der Waals surface area contributed by atoms with E-state index in [9.17, 15) is 4.79 Å². The number of ether oxygens (including phenoxy) is 2. The number of aromatic nitrogens is 1. The first-order valence-corrected chi connectivity index (χ1v) is 8.79. The summed E-state index contributed by atoms with van der Waals surface area (Å²) in [5.41, 5.74) is 3.21. The Balaban J connectivity index is 1.66. The first kappa shape index (κ1) is 17.8. The largest absolute Gasteiger partial charge is 0.497 e. The molecule has 2 aromatic carbocycles. The summed E-state index contributed by atoms with van der Waals surface area (Å²) in [4.78, 5) is 16.7. The Hall–Kier alpha value is -3.06. The molecule has 0 radical (unpaired) electrons. The van der Waals surface area contributed by atoms with Crippen LogP contribution in [0.2, 0.25) is 0 Å². The van der Waals surface area contributed by atoms with Crippen LogP contribution in [-0.2, 0) is 0 Å². The summed E-state index contributed by atoms with van der Waals surface area (Å²) < 4.78 is 10.4. The molecule has 3 rings (SSSR count). The number of anilines is 2. The van der Waals surface area contributed by atoms with Gasteiger partial charge in [0.1, 0.15) is 11.5 Å². The van der Waals surface area contributed by atoms with E-state index in [4.69, 9.17) is 9.47 Å². The molecule has 2 amide bonds. The highest BCUT2D eigenvalue weighted by Crippen LogP contribution is 2.26. The number of amides is 2. The van der Waals surface area contributed by atoms with Crippen LogP contribution in [0.5, 0.6) is 11.5 Å². The summed E-state index contributed by atoms with van der Waals surface area (Å²) in [6.45, 7) is 1.97. The standard InChI is InChI=1S/C19H19N3O3S/c1-12-20-18(11-26-12)13-4-6-14(7-5-13)21-19(23)22-15-8-16(24-2)10-17(9-15)25-3/h4-11H,1-3H3,(H2,21,22,23). The minimum atomic E-state index is -0.349. The Labute approximate surface area is 155 Å². The van der Waals surface area contributed by atoms with Crippen molar-refractivity contribution in [3.05, 3.63) is 52.9 Å². The number of carbonyl (C=O) groups excluding carboxylic acids is 1. The van der Waals surface area contributed by atoms with E-state index >= 15 is 0 Å². The zero-order valence-electron chi connectivity index (χ0n) is 14.7. The molecule has 2 N–H and O–H groups in total. The lowest BCUT2D eigenvalue weighted by molar-refractivity contribution is 0.262. The lowest BCUT2D eigenvalue weighted by Gasteiger charge is -2.11. The molecule has 0 saturated heterocycles. The molecule has 1 heterocycles. The molecule has 3 aromatic rings. The Morgan fingerprint density at radius 3 is 2.12 bits per heavy atom. The van der Waals surface area contributed by atoms with E-state index < -0.39 is 0 Å². The number of rotatable bonds is 5. The Morgan fingerprint density at radius 1 is 0.962 bits per heavy atom. The topological polar surface area (TPSA) is 72.5 Å². The van der Waals surface area contributed by atoms with Crippen molar-refractivity contribution >= 4 is 28.7 Å². The molecule has 1 aromatic heterocycles.